The lowest BCUT2D eigenvalue weighted by molar-refractivity contribution is -0.0321. The molecular formula is C15H22O4. The summed E-state index contributed by atoms with van der Waals surface area (Å²) in [5, 5.41) is 8.97. The molecule has 1 saturated carbocycles. The van der Waals surface area contributed by atoms with E-state index in [-0.39, 0.29) is 11.9 Å². The van der Waals surface area contributed by atoms with Gasteiger partial charge in [0.1, 0.15) is 0 Å². The topological polar surface area (TPSA) is 59.7 Å². The largest absolute Gasteiger partial charge is 0.475 e. The summed E-state index contributed by atoms with van der Waals surface area (Å²) in [7, 11) is 0. The zero-order chi connectivity index (χ0) is 14.0. The Morgan fingerprint density at radius 1 is 1.53 bits per heavy atom. The molecule has 1 heterocycles. The molecule has 1 aliphatic rings. The van der Waals surface area contributed by atoms with E-state index in [1.807, 2.05) is 0 Å². The molecule has 19 heavy (non-hydrogen) atoms. The molecule has 1 fully saturated rings. The first kappa shape index (κ1) is 14.1. The number of hydrogen-bond acceptors (Lipinski definition) is 3. The van der Waals surface area contributed by atoms with Crippen molar-refractivity contribution in [1.29, 1.82) is 0 Å². The van der Waals surface area contributed by atoms with E-state index >= 15 is 0 Å². The van der Waals surface area contributed by atoms with Crippen molar-refractivity contribution >= 4 is 5.97 Å². The van der Waals surface area contributed by atoms with E-state index < -0.39 is 5.97 Å². The van der Waals surface area contributed by atoms with Crippen LogP contribution in [-0.4, -0.2) is 17.2 Å². The number of furan rings is 1. The minimum atomic E-state index is -1.04. The van der Waals surface area contributed by atoms with Crippen LogP contribution in [-0.2, 0) is 11.3 Å². The van der Waals surface area contributed by atoms with Gasteiger partial charge in [-0.15, -0.1) is 0 Å². The fourth-order valence-corrected chi connectivity index (χ4v) is 3.23. The van der Waals surface area contributed by atoms with Crippen molar-refractivity contribution in [3.8, 4) is 0 Å². The van der Waals surface area contributed by atoms with Crippen LogP contribution < -0.4 is 0 Å². The van der Waals surface area contributed by atoms with Crippen LogP contribution in [0.4, 0.5) is 0 Å². The van der Waals surface area contributed by atoms with Crippen LogP contribution >= 0.6 is 0 Å². The van der Waals surface area contributed by atoms with Gasteiger partial charge in [-0.25, -0.2) is 4.79 Å². The van der Waals surface area contributed by atoms with Gasteiger partial charge in [-0.2, -0.15) is 0 Å². The molecule has 0 amide bonds. The summed E-state index contributed by atoms with van der Waals surface area (Å²) < 4.78 is 10.8. The minimum Gasteiger partial charge on any atom is -0.475 e. The Hall–Kier alpha value is -1.29. The molecule has 0 spiro atoms. The fraction of sp³-hybridized carbons (Fsp3) is 0.667. The zero-order valence-electron chi connectivity index (χ0n) is 11.8. The van der Waals surface area contributed by atoms with Crippen LogP contribution in [0.1, 0.15) is 56.2 Å². The summed E-state index contributed by atoms with van der Waals surface area (Å²) in [6, 6.07) is 1.67. The minimum absolute atomic E-state index is 0.0110. The normalized spacial score (nSPS) is 26.3. The van der Waals surface area contributed by atoms with E-state index in [1.165, 1.54) is 12.7 Å². The van der Waals surface area contributed by atoms with Gasteiger partial charge in [-0.1, -0.05) is 20.8 Å². The average molecular weight is 266 g/mol. The molecule has 0 aliphatic heterocycles. The van der Waals surface area contributed by atoms with Gasteiger partial charge in [0.2, 0.25) is 5.76 Å². The van der Waals surface area contributed by atoms with Crippen molar-refractivity contribution < 1.29 is 19.1 Å². The lowest BCUT2D eigenvalue weighted by Gasteiger charge is -2.38. The molecule has 2 rings (SSSR count). The van der Waals surface area contributed by atoms with Crippen molar-refractivity contribution in [2.24, 2.45) is 11.3 Å². The van der Waals surface area contributed by atoms with E-state index in [0.717, 1.165) is 12.8 Å². The molecular weight excluding hydrogens is 244 g/mol. The molecule has 1 N–H and O–H groups in total. The summed E-state index contributed by atoms with van der Waals surface area (Å²) in [5.41, 5.74) is 0.914. The van der Waals surface area contributed by atoms with E-state index in [4.69, 9.17) is 14.3 Å². The van der Waals surface area contributed by atoms with E-state index in [0.29, 0.717) is 23.5 Å². The summed E-state index contributed by atoms with van der Waals surface area (Å²) in [4.78, 5) is 10.9. The van der Waals surface area contributed by atoms with Gasteiger partial charge in [-0.05, 0) is 36.7 Å². The highest BCUT2D eigenvalue weighted by Crippen LogP contribution is 2.39. The van der Waals surface area contributed by atoms with Gasteiger partial charge in [-0.3, -0.25) is 0 Å². The third-order valence-corrected chi connectivity index (χ3v) is 3.76. The number of carboxylic acid groups (broad SMARTS) is 1. The summed E-state index contributed by atoms with van der Waals surface area (Å²) in [5.74, 6) is -0.402. The number of aromatic carboxylic acids is 1. The van der Waals surface area contributed by atoms with Gasteiger partial charge in [0.25, 0.3) is 0 Å². The van der Waals surface area contributed by atoms with Crippen LogP contribution in [0, 0.1) is 11.3 Å². The maximum absolute atomic E-state index is 10.9. The molecule has 0 saturated heterocycles. The number of carbonyl (C=O) groups is 1. The number of carboxylic acids is 1. The Morgan fingerprint density at radius 3 is 2.89 bits per heavy atom. The predicted octanol–water partition coefficient (Wildman–Crippen LogP) is 3.71. The molecule has 0 aromatic carbocycles. The Morgan fingerprint density at radius 2 is 2.26 bits per heavy atom. The first-order valence-corrected chi connectivity index (χ1v) is 6.78. The molecule has 4 nitrogen and oxygen atoms in total. The molecule has 1 aromatic rings. The van der Waals surface area contributed by atoms with Gasteiger partial charge < -0.3 is 14.3 Å². The quantitative estimate of drug-likeness (QED) is 0.902. The maximum atomic E-state index is 10.9. The molecule has 2 atom stereocenters. The van der Waals surface area contributed by atoms with Gasteiger partial charge in [0.15, 0.2) is 0 Å². The molecule has 1 aliphatic carbocycles. The SMILES string of the molecule is CC1CC(OCc2ccoc2C(=O)O)CC(C)(C)C1. The second-order valence-corrected chi connectivity index (χ2v) is 6.43. The average Bonchev–Trinajstić information content (AvgIpc) is 2.71. The summed E-state index contributed by atoms with van der Waals surface area (Å²) >= 11 is 0. The number of rotatable bonds is 4. The molecule has 0 radical (unpaired) electrons. The summed E-state index contributed by atoms with van der Waals surface area (Å²) in [6.07, 6.45) is 4.89. The maximum Gasteiger partial charge on any atom is 0.372 e. The highest BCUT2D eigenvalue weighted by molar-refractivity contribution is 5.85. The Labute approximate surface area is 113 Å². The fourth-order valence-electron chi connectivity index (χ4n) is 3.23. The zero-order valence-corrected chi connectivity index (χ0v) is 11.8. The van der Waals surface area contributed by atoms with Gasteiger partial charge >= 0.3 is 5.97 Å². The lowest BCUT2D eigenvalue weighted by atomic mass is 9.71. The van der Waals surface area contributed by atoms with Crippen LogP contribution in [0.25, 0.3) is 0 Å². The van der Waals surface area contributed by atoms with Gasteiger partial charge in [0.05, 0.1) is 19.0 Å². The van der Waals surface area contributed by atoms with Gasteiger partial charge in [0, 0.05) is 5.56 Å². The molecule has 106 valence electrons. The third kappa shape index (κ3) is 3.60. The lowest BCUT2D eigenvalue weighted by Crippen LogP contribution is -2.32. The first-order chi connectivity index (χ1) is 8.87. The predicted molar refractivity (Wildman–Crippen MR) is 71.0 cm³/mol. The monoisotopic (exact) mass is 266 g/mol. The van der Waals surface area contributed by atoms with Crippen molar-refractivity contribution in [1.82, 2.24) is 0 Å². The molecule has 2 unspecified atom stereocenters. The molecule has 0 bridgehead atoms. The van der Waals surface area contributed by atoms with E-state index in [1.54, 1.807) is 6.07 Å². The molecule has 1 aromatic heterocycles. The van der Waals surface area contributed by atoms with Crippen molar-refractivity contribution in [2.45, 2.75) is 52.7 Å². The van der Waals surface area contributed by atoms with Crippen LogP contribution in [0.2, 0.25) is 0 Å². The van der Waals surface area contributed by atoms with Crippen molar-refractivity contribution in [3.63, 3.8) is 0 Å². The second kappa shape index (κ2) is 5.37. The van der Waals surface area contributed by atoms with Crippen molar-refractivity contribution in [3.05, 3.63) is 23.7 Å². The molecule has 4 heteroatoms. The Kier molecular flexibility index (Phi) is 3.99. The highest BCUT2D eigenvalue weighted by atomic mass is 16.5. The number of ether oxygens (including phenoxy) is 1. The second-order valence-electron chi connectivity index (χ2n) is 6.43. The highest BCUT2D eigenvalue weighted by Gasteiger charge is 2.32. The third-order valence-electron chi connectivity index (χ3n) is 3.76. The first-order valence-electron chi connectivity index (χ1n) is 6.78. The smallest absolute Gasteiger partial charge is 0.372 e. The number of hydrogen-bond donors (Lipinski definition) is 1. The van der Waals surface area contributed by atoms with E-state index in [9.17, 15) is 4.79 Å². The summed E-state index contributed by atoms with van der Waals surface area (Å²) in [6.45, 7) is 7.09. The van der Waals surface area contributed by atoms with Crippen LogP contribution in [0.15, 0.2) is 16.7 Å². The standard InChI is InChI=1S/C15H22O4/c1-10-6-12(8-15(2,3)7-10)19-9-11-4-5-18-13(11)14(16)17/h4-5,10,12H,6-9H2,1-3H3,(H,16,17). The van der Waals surface area contributed by atoms with Crippen LogP contribution in [0.5, 0.6) is 0 Å². The Bertz CT molecular complexity index is 447. The van der Waals surface area contributed by atoms with E-state index in [2.05, 4.69) is 20.8 Å². The van der Waals surface area contributed by atoms with Crippen molar-refractivity contribution in [2.75, 3.05) is 0 Å². The Balaban J connectivity index is 1.95. The van der Waals surface area contributed by atoms with Crippen LogP contribution in [0.3, 0.4) is 0 Å².